The van der Waals surface area contributed by atoms with E-state index in [2.05, 4.69) is 49.6 Å². The minimum Gasteiger partial charge on any atom is -0.320 e. The molecule has 90 valence electrons. The minimum atomic E-state index is 0.00989. The zero-order chi connectivity index (χ0) is 12.3. The highest BCUT2D eigenvalue weighted by molar-refractivity contribution is 7.99. The first-order valence-corrected chi connectivity index (χ1v) is 7.61. The molecule has 2 rings (SSSR count). The fraction of sp³-hybridized carbons (Fsp3) is 0.286. The van der Waals surface area contributed by atoms with Crippen LogP contribution in [-0.2, 0) is 0 Å². The predicted molar refractivity (Wildman–Crippen MR) is 77.9 cm³/mol. The van der Waals surface area contributed by atoms with Crippen molar-refractivity contribution in [1.29, 1.82) is 0 Å². The van der Waals surface area contributed by atoms with Crippen LogP contribution < -0.4 is 5.73 Å². The van der Waals surface area contributed by atoms with Crippen LogP contribution in [0.4, 0.5) is 0 Å². The Kier molecular flexibility index (Phi) is 4.26. The van der Waals surface area contributed by atoms with Crippen LogP contribution in [0.5, 0.6) is 0 Å². The van der Waals surface area contributed by atoms with Crippen LogP contribution in [0.3, 0.4) is 0 Å². The standard InChI is InChI=1S/C14H17NS2/c1-3-16-12-6-4-11(5-7-12)13(15)14-10(2)8-9-17-14/h4-9,13H,3,15H2,1-2H3. The molecule has 0 amide bonds. The van der Waals surface area contributed by atoms with Gasteiger partial charge in [-0.1, -0.05) is 19.1 Å². The second-order valence-corrected chi connectivity index (χ2v) is 6.23. The van der Waals surface area contributed by atoms with Gasteiger partial charge in [0.05, 0.1) is 6.04 Å². The largest absolute Gasteiger partial charge is 0.320 e. The van der Waals surface area contributed by atoms with Gasteiger partial charge < -0.3 is 5.73 Å². The van der Waals surface area contributed by atoms with E-state index in [9.17, 15) is 0 Å². The van der Waals surface area contributed by atoms with Gasteiger partial charge in [0.2, 0.25) is 0 Å². The molecule has 1 atom stereocenters. The molecular weight excluding hydrogens is 246 g/mol. The van der Waals surface area contributed by atoms with Crippen molar-refractivity contribution in [3.8, 4) is 0 Å². The van der Waals surface area contributed by atoms with Crippen LogP contribution in [0.25, 0.3) is 0 Å². The molecule has 0 aliphatic carbocycles. The predicted octanol–water partition coefficient (Wildman–Crippen LogP) is 4.22. The Morgan fingerprint density at radius 3 is 2.47 bits per heavy atom. The summed E-state index contributed by atoms with van der Waals surface area (Å²) in [7, 11) is 0. The Hall–Kier alpha value is -0.770. The third-order valence-corrected chi connectivity index (χ3v) is 4.73. The number of hydrogen-bond donors (Lipinski definition) is 1. The van der Waals surface area contributed by atoms with Crippen LogP contribution in [0.2, 0.25) is 0 Å². The molecule has 1 unspecified atom stereocenters. The van der Waals surface area contributed by atoms with Crippen molar-refractivity contribution in [3.05, 3.63) is 51.7 Å². The average Bonchev–Trinajstić information content (AvgIpc) is 2.76. The molecule has 0 spiro atoms. The van der Waals surface area contributed by atoms with Crippen molar-refractivity contribution in [2.75, 3.05) is 5.75 Å². The first kappa shape index (κ1) is 12.7. The molecule has 3 heteroatoms. The number of thioether (sulfide) groups is 1. The average molecular weight is 263 g/mol. The lowest BCUT2D eigenvalue weighted by atomic mass is 10.0. The van der Waals surface area contributed by atoms with Crippen LogP contribution in [0.15, 0.2) is 40.6 Å². The van der Waals surface area contributed by atoms with Crippen molar-refractivity contribution in [2.24, 2.45) is 5.73 Å². The molecule has 1 aromatic heterocycles. The number of aryl methyl sites for hydroxylation is 1. The number of rotatable bonds is 4. The van der Waals surface area contributed by atoms with Gasteiger partial charge >= 0.3 is 0 Å². The first-order chi connectivity index (χ1) is 8.22. The second-order valence-electron chi connectivity index (χ2n) is 3.95. The zero-order valence-corrected chi connectivity index (χ0v) is 11.8. The van der Waals surface area contributed by atoms with Gasteiger partial charge in [0.1, 0.15) is 0 Å². The fourth-order valence-corrected chi connectivity index (χ4v) is 3.41. The van der Waals surface area contributed by atoms with E-state index in [-0.39, 0.29) is 6.04 Å². The van der Waals surface area contributed by atoms with Crippen molar-refractivity contribution in [1.82, 2.24) is 0 Å². The van der Waals surface area contributed by atoms with Gasteiger partial charge in [-0.15, -0.1) is 23.1 Å². The Bertz CT molecular complexity index is 473. The SMILES string of the molecule is CCSc1ccc(C(N)c2sccc2C)cc1. The van der Waals surface area contributed by atoms with E-state index in [0.717, 1.165) is 5.75 Å². The smallest absolute Gasteiger partial charge is 0.0648 e. The Morgan fingerprint density at radius 1 is 1.24 bits per heavy atom. The molecule has 1 nitrogen and oxygen atoms in total. The summed E-state index contributed by atoms with van der Waals surface area (Å²) in [4.78, 5) is 2.58. The molecule has 1 heterocycles. The van der Waals surface area contributed by atoms with E-state index in [1.54, 1.807) is 11.3 Å². The quantitative estimate of drug-likeness (QED) is 0.836. The number of thiophene rings is 1. The molecule has 2 aromatic rings. The number of hydrogen-bond acceptors (Lipinski definition) is 3. The van der Waals surface area contributed by atoms with Gasteiger partial charge in [0.25, 0.3) is 0 Å². The van der Waals surface area contributed by atoms with E-state index in [0.29, 0.717) is 0 Å². The van der Waals surface area contributed by atoms with Crippen LogP contribution in [0.1, 0.15) is 29.0 Å². The van der Waals surface area contributed by atoms with Crippen LogP contribution in [0, 0.1) is 6.92 Å². The van der Waals surface area contributed by atoms with Crippen molar-refractivity contribution in [2.45, 2.75) is 24.8 Å². The van der Waals surface area contributed by atoms with E-state index in [1.165, 1.54) is 20.9 Å². The van der Waals surface area contributed by atoms with E-state index >= 15 is 0 Å². The Labute approximate surface area is 111 Å². The van der Waals surface area contributed by atoms with Gasteiger partial charge in [-0.3, -0.25) is 0 Å². The van der Waals surface area contributed by atoms with Crippen LogP contribution >= 0.6 is 23.1 Å². The van der Waals surface area contributed by atoms with Gasteiger partial charge in [0, 0.05) is 9.77 Å². The highest BCUT2D eigenvalue weighted by atomic mass is 32.2. The molecule has 0 radical (unpaired) electrons. The number of nitrogens with two attached hydrogens (primary N) is 1. The van der Waals surface area contributed by atoms with Gasteiger partial charge in [-0.05, 0) is 47.4 Å². The van der Waals surface area contributed by atoms with Crippen molar-refractivity contribution < 1.29 is 0 Å². The molecule has 2 N–H and O–H groups in total. The summed E-state index contributed by atoms with van der Waals surface area (Å²) >= 11 is 3.59. The topological polar surface area (TPSA) is 26.0 Å². The maximum Gasteiger partial charge on any atom is 0.0648 e. The third-order valence-electron chi connectivity index (χ3n) is 2.73. The zero-order valence-electron chi connectivity index (χ0n) is 10.1. The summed E-state index contributed by atoms with van der Waals surface area (Å²) in [5.74, 6) is 1.11. The summed E-state index contributed by atoms with van der Waals surface area (Å²) in [5, 5.41) is 2.10. The van der Waals surface area contributed by atoms with E-state index in [1.807, 2.05) is 11.8 Å². The van der Waals surface area contributed by atoms with Crippen molar-refractivity contribution in [3.63, 3.8) is 0 Å². The fourth-order valence-electron chi connectivity index (χ4n) is 1.79. The number of benzene rings is 1. The molecular formula is C14H17NS2. The first-order valence-electron chi connectivity index (χ1n) is 5.74. The Balaban J connectivity index is 2.20. The summed E-state index contributed by atoms with van der Waals surface area (Å²) in [5.41, 5.74) is 8.77. The van der Waals surface area contributed by atoms with Crippen LogP contribution in [-0.4, -0.2) is 5.75 Å². The van der Waals surface area contributed by atoms with E-state index in [4.69, 9.17) is 5.73 Å². The monoisotopic (exact) mass is 263 g/mol. The summed E-state index contributed by atoms with van der Waals surface area (Å²) in [6.07, 6.45) is 0. The van der Waals surface area contributed by atoms with Gasteiger partial charge in [-0.25, -0.2) is 0 Å². The molecule has 17 heavy (non-hydrogen) atoms. The minimum absolute atomic E-state index is 0.00989. The lowest BCUT2D eigenvalue weighted by molar-refractivity contribution is 0.883. The van der Waals surface area contributed by atoms with Crippen molar-refractivity contribution >= 4 is 23.1 Å². The summed E-state index contributed by atoms with van der Waals surface area (Å²) in [6, 6.07) is 10.7. The molecule has 0 aliphatic heterocycles. The maximum atomic E-state index is 6.29. The Morgan fingerprint density at radius 2 is 1.94 bits per heavy atom. The van der Waals surface area contributed by atoms with E-state index < -0.39 is 0 Å². The molecule has 1 aromatic carbocycles. The van der Waals surface area contributed by atoms with Gasteiger partial charge in [-0.2, -0.15) is 0 Å². The summed E-state index contributed by atoms with van der Waals surface area (Å²) in [6.45, 7) is 4.28. The molecule has 0 fully saturated rings. The normalized spacial score (nSPS) is 12.6. The molecule has 0 saturated carbocycles. The third kappa shape index (κ3) is 2.92. The maximum absolute atomic E-state index is 6.29. The highest BCUT2D eigenvalue weighted by Crippen LogP contribution is 2.28. The van der Waals surface area contributed by atoms with Gasteiger partial charge in [0.15, 0.2) is 0 Å². The lowest BCUT2D eigenvalue weighted by Crippen LogP contribution is -2.11. The lowest BCUT2D eigenvalue weighted by Gasteiger charge is -2.12. The second kappa shape index (κ2) is 5.71. The molecule has 0 bridgehead atoms. The summed E-state index contributed by atoms with van der Waals surface area (Å²) < 4.78 is 0. The molecule has 0 saturated heterocycles. The molecule has 0 aliphatic rings. The highest BCUT2D eigenvalue weighted by Gasteiger charge is 2.12.